The van der Waals surface area contributed by atoms with Gasteiger partial charge in [0.15, 0.2) is 0 Å². The predicted molar refractivity (Wildman–Crippen MR) is 59.4 cm³/mol. The third-order valence-electron chi connectivity index (χ3n) is 0.943. The van der Waals surface area contributed by atoms with Gasteiger partial charge in [0.05, 0.1) is 0 Å². The van der Waals surface area contributed by atoms with E-state index >= 15 is 0 Å². The summed E-state index contributed by atoms with van der Waals surface area (Å²) in [5.41, 5.74) is 0. The Hall–Kier alpha value is 1.50. The summed E-state index contributed by atoms with van der Waals surface area (Å²) in [6.45, 7) is 9.39. The Balaban J connectivity index is -0.000000180. The summed E-state index contributed by atoms with van der Waals surface area (Å²) in [4.78, 5) is 0. The van der Waals surface area contributed by atoms with Crippen LogP contribution in [0.4, 0.5) is 0 Å². The molecule has 0 unspecified atom stereocenters. The second kappa shape index (κ2) is 9.50. The first-order valence-corrected chi connectivity index (χ1v) is 6.55. The van der Waals surface area contributed by atoms with Gasteiger partial charge in [-0.15, -0.1) is 34.0 Å². The fraction of sp³-hybridized carbons (Fsp3) is 1.00. The van der Waals surface area contributed by atoms with Crippen molar-refractivity contribution in [2.45, 2.75) is 37.2 Å². The molecule has 0 heterocycles. The van der Waals surface area contributed by atoms with Crippen LogP contribution in [0.25, 0.3) is 0 Å². The van der Waals surface area contributed by atoms with Crippen molar-refractivity contribution in [1.29, 1.82) is 0 Å². The Morgan fingerprint density at radius 3 is 1.00 bits per heavy atom. The van der Waals surface area contributed by atoms with E-state index < -0.39 is 0 Å². The predicted octanol–water partition coefficient (Wildman–Crippen LogP) is 2.97. The summed E-state index contributed by atoms with van der Waals surface area (Å²) in [6, 6.07) is 0. The van der Waals surface area contributed by atoms with Crippen LogP contribution in [0.15, 0.2) is 0 Å². The second-order valence-corrected chi connectivity index (χ2v) is 10.9. The van der Waals surface area contributed by atoms with Gasteiger partial charge in [-0.05, 0) is 0 Å². The Kier molecular flexibility index (Phi) is 17.8. The zero-order chi connectivity index (χ0) is 5.86. The van der Waals surface area contributed by atoms with Gasteiger partial charge < -0.3 is 0 Å². The summed E-state index contributed by atoms with van der Waals surface area (Å²) < 4.78 is 2.12. The molecule has 0 spiro atoms. The molecule has 60 valence electrons. The molecule has 0 saturated heterocycles. The second-order valence-electron chi connectivity index (χ2n) is 3.02. The zero-order valence-electron chi connectivity index (χ0n) is 6.68. The molecule has 0 aromatic rings. The molecular weight excluding hydrogens is 304 g/mol. The quantitative estimate of drug-likeness (QED) is 0.686. The monoisotopic (exact) mass is 322 g/mol. The van der Waals surface area contributed by atoms with E-state index in [9.17, 15) is 0 Å². The summed E-state index contributed by atoms with van der Waals surface area (Å²) in [5.74, 6) is 0. The number of hydrogen-bond acceptors (Lipinski definition) is 0. The van der Waals surface area contributed by atoms with Crippen molar-refractivity contribution in [1.82, 2.24) is 0 Å². The van der Waals surface area contributed by atoms with Gasteiger partial charge in [-0.25, -0.2) is 0 Å². The summed E-state index contributed by atoms with van der Waals surface area (Å²) in [6.07, 6.45) is 0. The van der Waals surface area contributed by atoms with Gasteiger partial charge >= 0.3 is 52.6 Å². The molecule has 9 heavy (non-hydrogen) atoms. The molecule has 0 rings (SSSR count). The van der Waals surface area contributed by atoms with Crippen LogP contribution in [0.2, 0.25) is 9.50 Å². The molecule has 0 aliphatic carbocycles. The molecule has 0 amide bonds. The van der Waals surface area contributed by atoms with Crippen molar-refractivity contribution in [2.24, 2.45) is 0 Å². The summed E-state index contributed by atoms with van der Waals surface area (Å²) >= 11 is -0.0972. The molecule has 0 atom stereocenters. The normalized spacial score (nSPS) is 8.67. The van der Waals surface area contributed by atoms with E-state index in [1.54, 1.807) is 0 Å². The van der Waals surface area contributed by atoms with Gasteiger partial charge in [-0.3, -0.25) is 0 Å². The minimum atomic E-state index is -0.0972. The van der Waals surface area contributed by atoms with Crippen LogP contribution < -0.4 is 0 Å². The molecule has 0 radical (unpaired) electrons. The maximum atomic E-state index is 2.35. The van der Waals surface area contributed by atoms with Crippen molar-refractivity contribution in [3.05, 3.63) is 0 Å². The third kappa shape index (κ3) is 17.7. The van der Waals surface area contributed by atoms with Crippen LogP contribution in [0.5, 0.6) is 0 Å². The van der Waals surface area contributed by atoms with Crippen LogP contribution in [0, 0.1) is 0 Å². The first kappa shape index (κ1) is 16.8. The summed E-state index contributed by atoms with van der Waals surface area (Å²) in [7, 11) is 0. The first-order valence-electron chi connectivity index (χ1n) is 3.13. The summed E-state index contributed by atoms with van der Waals surface area (Å²) in [5, 5.41) is 0. The van der Waals surface area contributed by atoms with E-state index in [1.807, 2.05) is 0 Å². The Bertz CT molecular complexity index is 40.3. The topological polar surface area (TPSA) is 0 Å². The van der Waals surface area contributed by atoms with Crippen LogP contribution in [0.1, 0.15) is 27.7 Å². The number of rotatable bonds is 2. The average Bonchev–Trinajstić information content (AvgIpc) is 1.27. The van der Waals surface area contributed by atoms with E-state index in [-0.39, 0.29) is 49.4 Å². The number of halogens is 2. The van der Waals surface area contributed by atoms with Crippen LogP contribution in [0.3, 0.4) is 0 Å². The van der Waals surface area contributed by atoms with Crippen LogP contribution >= 0.6 is 34.0 Å². The molecule has 0 bridgehead atoms. The van der Waals surface area contributed by atoms with Crippen molar-refractivity contribution in [3.8, 4) is 0 Å². The van der Waals surface area contributed by atoms with E-state index in [0.717, 1.165) is 9.50 Å². The van der Waals surface area contributed by atoms with Crippen LogP contribution in [-0.2, 0) is 0 Å². The first-order chi connectivity index (χ1) is 3.13. The fourth-order valence-corrected chi connectivity index (χ4v) is 4.90. The molecule has 0 fully saturated rings. The number of hydrogen-bond donors (Lipinski definition) is 0. The zero-order valence-corrected chi connectivity index (χ0v) is 13.1. The molecule has 0 aromatic carbocycles. The molecule has 0 saturated carbocycles. The molecule has 0 N–H and O–H groups in total. The Morgan fingerprint density at radius 2 is 1.00 bits per heavy atom. The standard InChI is InChI=1S/C6H16Ge.2BrH/c1-5(2)7-6(3)4;;/h5-6H,7H2,1-4H3;2*1H. The van der Waals surface area contributed by atoms with Crippen LogP contribution in [-0.4, -0.2) is 15.4 Å². The molecule has 0 aromatic heterocycles. The van der Waals surface area contributed by atoms with Crippen molar-refractivity contribution < 1.29 is 0 Å². The SMILES string of the molecule is Br.Br.C[CH](C)[GeH2][CH](C)C. The fourth-order valence-electron chi connectivity index (χ4n) is 0.943. The third-order valence-corrected chi connectivity index (χ3v) is 4.90. The van der Waals surface area contributed by atoms with Gasteiger partial charge in [-0.2, -0.15) is 0 Å². The van der Waals surface area contributed by atoms with Crippen molar-refractivity contribution >= 4 is 49.4 Å². The van der Waals surface area contributed by atoms with Crippen molar-refractivity contribution in [2.75, 3.05) is 0 Å². The van der Waals surface area contributed by atoms with E-state index in [4.69, 9.17) is 0 Å². The van der Waals surface area contributed by atoms with E-state index in [0.29, 0.717) is 0 Å². The molecule has 0 nitrogen and oxygen atoms in total. The molecule has 0 aliphatic rings. The van der Waals surface area contributed by atoms with Gasteiger partial charge in [0.1, 0.15) is 0 Å². The minimum absolute atomic E-state index is 0. The van der Waals surface area contributed by atoms with Gasteiger partial charge in [0, 0.05) is 0 Å². The van der Waals surface area contributed by atoms with Crippen molar-refractivity contribution in [3.63, 3.8) is 0 Å². The maximum absolute atomic E-state index is 2.35. The van der Waals surface area contributed by atoms with Gasteiger partial charge in [-0.1, -0.05) is 0 Å². The molecular formula is C6H18Br2Ge. The Labute approximate surface area is 86.2 Å². The Morgan fingerprint density at radius 1 is 0.778 bits per heavy atom. The molecule has 3 heteroatoms. The van der Waals surface area contributed by atoms with E-state index in [1.165, 1.54) is 0 Å². The molecule has 0 aliphatic heterocycles. The van der Waals surface area contributed by atoms with Gasteiger partial charge in [0.2, 0.25) is 0 Å². The van der Waals surface area contributed by atoms with Gasteiger partial charge in [0.25, 0.3) is 0 Å². The average molecular weight is 323 g/mol. The van der Waals surface area contributed by atoms with E-state index in [2.05, 4.69) is 27.7 Å².